The molecule has 1 amide bonds. The first-order chi connectivity index (χ1) is 12.3. The van der Waals surface area contributed by atoms with Gasteiger partial charge in [-0.25, -0.2) is 12.8 Å². The molecule has 0 spiro atoms. The van der Waals surface area contributed by atoms with Gasteiger partial charge in [-0.15, -0.1) is 0 Å². The molecule has 2 rings (SSSR count). The molecule has 0 saturated carbocycles. The van der Waals surface area contributed by atoms with Crippen LogP contribution in [0, 0.1) is 12.7 Å². The minimum absolute atomic E-state index is 0.0971. The van der Waals surface area contributed by atoms with Crippen LogP contribution in [0.4, 0.5) is 10.1 Å². The number of sulfonamides is 1. The van der Waals surface area contributed by atoms with Gasteiger partial charge in [0.25, 0.3) is 0 Å². The molecule has 140 valence electrons. The summed E-state index contributed by atoms with van der Waals surface area (Å²) in [5.74, 6) is -0.268. The van der Waals surface area contributed by atoms with E-state index in [-0.39, 0.29) is 4.90 Å². The first-order valence-corrected chi connectivity index (χ1v) is 10.8. The number of hydrogen-bond donors (Lipinski definition) is 2. The highest BCUT2D eigenvalue weighted by Gasteiger charge is 2.25. The Morgan fingerprint density at radius 1 is 1.19 bits per heavy atom. The van der Waals surface area contributed by atoms with Gasteiger partial charge < -0.3 is 5.32 Å². The van der Waals surface area contributed by atoms with E-state index in [2.05, 4.69) is 10.0 Å². The van der Waals surface area contributed by atoms with Gasteiger partial charge >= 0.3 is 0 Å². The Bertz CT molecular complexity index is 858. The lowest BCUT2D eigenvalue weighted by Gasteiger charge is -2.19. The van der Waals surface area contributed by atoms with Gasteiger partial charge in [0.2, 0.25) is 15.9 Å². The predicted molar refractivity (Wildman–Crippen MR) is 103 cm³/mol. The summed E-state index contributed by atoms with van der Waals surface area (Å²) in [6.45, 7) is 1.67. The van der Waals surface area contributed by atoms with Gasteiger partial charge in [0.05, 0.1) is 4.90 Å². The van der Waals surface area contributed by atoms with Crippen LogP contribution in [-0.2, 0) is 14.8 Å². The standard InChI is InChI=1S/C18H21FN2O3S2/c1-13-12-14(19)8-9-16(13)20-18(22)17(10-11-25-2)21-26(23,24)15-6-4-3-5-7-15/h3-9,12,17,21H,10-11H2,1-2H3,(H,20,22)/t17-/m1/s1. The molecule has 0 bridgehead atoms. The lowest BCUT2D eigenvalue weighted by molar-refractivity contribution is -0.117. The Morgan fingerprint density at radius 2 is 1.88 bits per heavy atom. The summed E-state index contributed by atoms with van der Waals surface area (Å²) in [5, 5.41) is 2.68. The van der Waals surface area contributed by atoms with Gasteiger partial charge in [0, 0.05) is 5.69 Å². The van der Waals surface area contributed by atoms with Crippen LogP contribution in [0.5, 0.6) is 0 Å². The quantitative estimate of drug-likeness (QED) is 0.719. The van der Waals surface area contributed by atoms with Crippen LogP contribution < -0.4 is 10.0 Å². The van der Waals surface area contributed by atoms with E-state index in [0.29, 0.717) is 23.4 Å². The Labute approximate surface area is 157 Å². The summed E-state index contributed by atoms with van der Waals surface area (Å²) >= 11 is 1.52. The van der Waals surface area contributed by atoms with Gasteiger partial charge in [-0.05, 0) is 61.2 Å². The maximum atomic E-state index is 13.2. The summed E-state index contributed by atoms with van der Waals surface area (Å²) in [4.78, 5) is 12.7. The molecule has 0 fully saturated rings. The highest BCUT2D eigenvalue weighted by molar-refractivity contribution is 7.98. The molecule has 0 unspecified atom stereocenters. The molecule has 2 aromatic rings. The van der Waals surface area contributed by atoms with E-state index in [0.717, 1.165) is 0 Å². The van der Waals surface area contributed by atoms with Gasteiger partial charge in [-0.1, -0.05) is 18.2 Å². The Kier molecular flexibility index (Phi) is 7.19. The SMILES string of the molecule is CSCC[C@@H](NS(=O)(=O)c1ccccc1)C(=O)Nc1ccc(F)cc1C. The van der Waals surface area contributed by atoms with E-state index in [9.17, 15) is 17.6 Å². The number of nitrogens with one attached hydrogen (secondary N) is 2. The second-order valence-electron chi connectivity index (χ2n) is 5.72. The van der Waals surface area contributed by atoms with Crippen LogP contribution >= 0.6 is 11.8 Å². The fourth-order valence-corrected chi connectivity index (χ4v) is 4.04. The molecule has 0 aliphatic carbocycles. The minimum Gasteiger partial charge on any atom is -0.324 e. The molecule has 0 aliphatic heterocycles. The van der Waals surface area contributed by atoms with Gasteiger partial charge in [-0.2, -0.15) is 16.5 Å². The van der Waals surface area contributed by atoms with Crippen molar-refractivity contribution in [2.45, 2.75) is 24.3 Å². The van der Waals surface area contributed by atoms with Crippen molar-refractivity contribution in [2.24, 2.45) is 0 Å². The Hall–Kier alpha value is -1.90. The number of aryl methyl sites for hydroxylation is 1. The Balaban J connectivity index is 2.19. The van der Waals surface area contributed by atoms with E-state index in [1.54, 1.807) is 25.1 Å². The van der Waals surface area contributed by atoms with E-state index < -0.39 is 27.8 Å². The zero-order valence-electron chi connectivity index (χ0n) is 14.5. The largest absolute Gasteiger partial charge is 0.324 e. The summed E-state index contributed by atoms with van der Waals surface area (Å²) in [7, 11) is -3.82. The number of halogens is 1. The normalized spacial score (nSPS) is 12.6. The van der Waals surface area contributed by atoms with Gasteiger partial charge in [0.1, 0.15) is 11.9 Å². The zero-order valence-corrected chi connectivity index (χ0v) is 16.2. The number of anilines is 1. The average Bonchev–Trinajstić information content (AvgIpc) is 2.61. The summed E-state index contributed by atoms with van der Waals surface area (Å²) in [6.07, 6.45) is 2.21. The number of carbonyl (C=O) groups is 1. The number of thioether (sulfide) groups is 1. The van der Waals surface area contributed by atoms with Crippen molar-refractivity contribution in [3.05, 3.63) is 59.9 Å². The summed E-state index contributed by atoms with van der Waals surface area (Å²) in [6, 6.07) is 11.0. The van der Waals surface area contributed by atoms with E-state index >= 15 is 0 Å². The van der Waals surface area contributed by atoms with Crippen LogP contribution in [0.2, 0.25) is 0 Å². The lowest BCUT2D eigenvalue weighted by atomic mass is 10.1. The molecular weight excluding hydrogens is 375 g/mol. The van der Waals surface area contributed by atoms with E-state index in [1.807, 2.05) is 6.26 Å². The number of carbonyl (C=O) groups excluding carboxylic acids is 1. The highest BCUT2D eigenvalue weighted by atomic mass is 32.2. The molecule has 0 radical (unpaired) electrons. The van der Waals surface area contributed by atoms with Gasteiger partial charge in [-0.3, -0.25) is 4.79 Å². The lowest BCUT2D eigenvalue weighted by Crippen LogP contribution is -2.44. The van der Waals surface area contributed by atoms with Crippen LogP contribution in [0.3, 0.4) is 0 Å². The highest BCUT2D eigenvalue weighted by Crippen LogP contribution is 2.17. The molecule has 26 heavy (non-hydrogen) atoms. The monoisotopic (exact) mass is 396 g/mol. The fraction of sp³-hybridized carbons (Fsp3) is 0.278. The number of amides is 1. The van der Waals surface area contributed by atoms with Crippen molar-refractivity contribution >= 4 is 33.4 Å². The van der Waals surface area contributed by atoms with Gasteiger partial charge in [0.15, 0.2) is 0 Å². The van der Waals surface area contributed by atoms with Crippen molar-refractivity contribution in [2.75, 3.05) is 17.3 Å². The van der Waals surface area contributed by atoms with Crippen molar-refractivity contribution in [1.29, 1.82) is 0 Å². The second kappa shape index (κ2) is 9.16. The molecular formula is C18H21FN2O3S2. The topological polar surface area (TPSA) is 75.3 Å². The molecule has 0 heterocycles. The molecule has 2 N–H and O–H groups in total. The molecule has 0 aromatic heterocycles. The summed E-state index contributed by atoms with van der Waals surface area (Å²) < 4.78 is 40.7. The first-order valence-electron chi connectivity index (χ1n) is 7.97. The first kappa shape index (κ1) is 20.4. The average molecular weight is 397 g/mol. The maximum absolute atomic E-state index is 13.2. The van der Waals surface area contributed by atoms with Crippen LogP contribution in [0.1, 0.15) is 12.0 Å². The molecule has 8 heteroatoms. The smallest absolute Gasteiger partial charge is 0.242 e. The maximum Gasteiger partial charge on any atom is 0.242 e. The fourth-order valence-electron chi connectivity index (χ4n) is 2.32. The number of benzene rings is 2. The van der Waals surface area contributed by atoms with Crippen molar-refractivity contribution in [3.63, 3.8) is 0 Å². The van der Waals surface area contributed by atoms with Crippen LogP contribution in [0.15, 0.2) is 53.4 Å². The third-order valence-electron chi connectivity index (χ3n) is 3.72. The molecule has 0 aliphatic rings. The predicted octanol–water partition coefficient (Wildman–Crippen LogP) is 3.17. The Morgan fingerprint density at radius 3 is 2.50 bits per heavy atom. The van der Waals surface area contributed by atoms with Crippen LogP contribution in [-0.4, -0.2) is 32.4 Å². The molecule has 5 nitrogen and oxygen atoms in total. The molecule has 1 atom stereocenters. The molecule has 2 aromatic carbocycles. The van der Waals surface area contributed by atoms with Crippen molar-refractivity contribution < 1.29 is 17.6 Å². The molecule has 0 saturated heterocycles. The second-order valence-corrected chi connectivity index (χ2v) is 8.42. The third kappa shape index (κ3) is 5.55. The third-order valence-corrected chi connectivity index (χ3v) is 5.86. The van der Waals surface area contributed by atoms with Crippen molar-refractivity contribution in [1.82, 2.24) is 4.72 Å². The van der Waals surface area contributed by atoms with E-state index in [4.69, 9.17) is 0 Å². The number of rotatable bonds is 8. The van der Waals surface area contributed by atoms with E-state index in [1.165, 1.54) is 42.1 Å². The van der Waals surface area contributed by atoms with Crippen LogP contribution in [0.25, 0.3) is 0 Å². The minimum atomic E-state index is -3.82. The zero-order chi connectivity index (χ0) is 19.2. The number of hydrogen-bond acceptors (Lipinski definition) is 4. The van der Waals surface area contributed by atoms with Crippen molar-refractivity contribution in [3.8, 4) is 0 Å². The summed E-state index contributed by atoms with van der Waals surface area (Å²) in [5.41, 5.74) is 1.01.